The summed E-state index contributed by atoms with van der Waals surface area (Å²) in [7, 11) is -9.93. The average molecular weight is 1510 g/mol. The van der Waals surface area contributed by atoms with Gasteiger partial charge in [0.2, 0.25) is 0 Å². The van der Waals surface area contributed by atoms with Crippen LogP contribution in [-0.2, 0) is 65.4 Å². The summed E-state index contributed by atoms with van der Waals surface area (Å²) >= 11 is 0. The maximum atomic E-state index is 13.1. The molecule has 17 nitrogen and oxygen atoms in total. The standard InChI is InChI=1S/C84H164O17P2/c1-9-76(7)62-54-46-38-32-26-20-15-16-22-29-35-41-51-59-66-83(88)100-79(70-94-81(86)64-56-48-39-33-27-23-17-19-25-31-37-45-53-61-75(5)6)72-98-102(90,91)96-68-78(85)69-97-103(92,93)99-73-80(71-95-82(87)65-57-49-43-42-47-55-63-77(8)10-2)101-84(89)67-58-50-40-34-28-21-14-12-11-13-18-24-30-36-44-52-60-74(3)4/h74-80,85H,9-73H2,1-8H3,(H,90,91)(H,92,93)/t76?,77?,78-,79-,80-/m1/s1. The number of hydrogen-bond donors (Lipinski definition) is 3. The summed E-state index contributed by atoms with van der Waals surface area (Å²) < 4.78 is 68.8. The summed E-state index contributed by atoms with van der Waals surface area (Å²) in [5, 5.41) is 10.7. The average Bonchev–Trinajstić information content (AvgIpc) is 0.908. The number of rotatable bonds is 81. The number of ether oxygens (including phenoxy) is 4. The number of carbonyl (C=O) groups excluding carboxylic acids is 4. The third-order valence-corrected chi connectivity index (χ3v) is 22.2. The van der Waals surface area contributed by atoms with Gasteiger partial charge in [-0.25, -0.2) is 9.13 Å². The smallest absolute Gasteiger partial charge is 0.462 e. The molecule has 0 radical (unpaired) electrons. The second kappa shape index (κ2) is 72.9. The van der Waals surface area contributed by atoms with Crippen LogP contribution in [0.2, 0.25) is 0 Å². The maximum Gasteiger partial charge on any atom is 0.472 e. The topological polar surface area (TPSA) is 237 Å². The number of esters is 4. The van der Waals surface area contributed by atoms with Crippen molar-refractivity contribution in [2.75, 3.05) is 39.6 Å². The van der Waals surface area contributed by atoms with E-state index < -0.39 is 97.5 Å². The van der Waals surface area contributed by atoms with Gasteiger partial charge in [0.15, 0.2) is 12.2 Å². The highest BCUT2D eigenvalue weighted by Crippen LogP contribution is 2.45. The first-order chi connectivity index (χ1) is 49.7. The Balaban J connectivity index is 5.24. The number of aliphatic hydroxyl groups is 1. The van der Waals surface area contributed by atoms with Crippen LogP contribution < -0.4 is 0 Å². The Morgan fingerprint density at radius 2 is 0.466 bits per heavy atom. The van der Waals surface area contributed by atoms with Gasteiger partial charge in [-0.05, 0) is 49.4 Å². The largest absolute Gasteiger partial charge is 0.472 e. The molecular weight excluding hydrogens is 1340 g/mol. The van der Waals surface area contributed by atoms with Crippen molar-refractivity contribution in [3.63, 3.8) is 0 Å². The van der Waals surface area contributed by atoms with Crippen LogP contribution in [0, 0.1) is 23.7 Å². The van der Waals surface area contributed by atoms with Crippen LogP contribution >= 0.6 is 15.6 Å². The quantitative estimate of drug-likeness (QED) is 0.0222. The van der Waals surface area contributed by atoms with Crippen LogP contribution in [0.1, 0.15) is 434 Å². The van der Waals surface area contributed by atoms with Crippen molar-refractivity contribution in [1.82, 2.24) is 0 Å². The lowest BCUT2D eigenvalue weighted by atomic mass is 9.99. The highest BCUT2D eigenvalue weighted by atomic mass is 31.2. The van der Waals surface area contributed by atoms with E-state index in [1.165, 1.54) is 231 Å². The highest BCUT2D eigenvalue weighted by molar-refractivity contribution is 7.47. The Morgan fingerprint density at radius 1 is 0.272 bits per heavy atom. The monoisotopic (exact) mass is 1510 g/mol. The van der Waals surface area contributed by atoms with Crippen molar-refractivity contribution in [2.24, 2.45) is 23.7 Å². The molecule has 19 heteroatoms. The maximum absolute atomic E-state index is 13.1. The molecule has 0 aliphatic rings. The zero-order valence-corrected chi connectivity index (χ0v) is 69.7. The lowest BCUT2D eigenvalue weighted by Gasteiger charge is -2.21. The fraction of sp³-hybridized carbons (Fsp3) is 0.952. The first kappa shape index (κ1) is 101. The minimum atomic E-state index is -4.96. The second-order valence-electron chi connectivity index (χ2n) is 31.7. The molecule has 0 bridgehead atoms. The van der Waals surface area contributed by atoms with E-state index in [4.69, 9.17) is 37.0 Å². The number of phosphoric acid groups is 2. The Labute approximate surface area is 632 Å². The molecule has 0 aliphatic heterocycles. The van der Waals surface area contributed by atoms with E-state index in [1.807, 2.05) is 0 Å². The van der Waals surface area contributed by atoms with E-state index in [1.54, 1.807) is 0 Å². The van der Waals surface area contributed by atoms with Gasteiger partial charge in [0, 0.05) is 25.7 Å². The number of hydrogen-bond acceptors (Lipinski definition) is 15. The van der Waals surface area contributed by atoms with Gasteiger partial charge in [0.05, 0.1) is 26.4 Å². The molecular formula is C84H164O17P2. The van der Waals surface area contributed by atoms with E-state index in [2.05, 4.69) is 55.4 Å². The minimum absolute atomic E-state index is 0.107. The predicted octanol–water partition coefficient (Wildman–Crippen LogP) is 25.2. The molecule has 0 saturated carbocycles. The van der Waals surface area contributed by atoms with Crippen LogP contribution in [0.4, 0.5) is 0 Å². The van der Waals surface area contributed by atoms with Gasteiger partial charge in [-0.15, -0.1) is 0 Å². The van der Waals surface area contributed by atoms with E-state index in [0.717, 1.165) is 120 Å². The zero-order chi connectivity index (χ0) is 76.0. The van der Waals surface area contributed by atoms with Gasteiger partial charge in [0.25, 0.3) is 0 Å². The van der Waals surface area contributed by atoms with E-state index in [-0.39, 0.29) is 25.7 Å². The molecule has 0 aromatic heterocycles. The third-order valence-electron chi connectivity index (χ3n) is 20.3. The first-order valence-electron chi connectivity index (χ1n) is 43.3. The molecule has 0 aromatic rings. The normalized spacial score (nSPS) is 14.5. The molecule has 4 unspecified atom stereocenters. The summed E-state index contributed by atoms with van der Waals surface area (Å²) in [6, 6.07) is 0. The molecule has 0 saturated heterocycles. The van der Waals surface area contributed by atoms with E-state index in [9.17, 15) is 43.2 Å². The number of aliphatic hydroxyl groups excluding tert-OH is 1. The molecule has 3 N–H and O–H groups in total. The van der Waals surface area contributed by atoms with Gasteiger partial charge in [-0.1, -0.05) is 383 Å². The molecule has 7 atom stereocenters. The van der Waals surface area contributed by atoms with Crippen LogP contribution in [0.3, 0.4) is 0 Å². The summed E-state index contributed by atoms with van der Waals surface area (Å²) in [5.41, 5.74) is 0. The Morgan fingerprint density at radius 3 is 0.689 bits per heavy atom. The van der Waals surface area contributed by atoms with Crippen molar-refractivity contribution in [2.45, 2.75) is 453 Å². The van der Waals surface area contributed by atoms with Crippen LogP contribution in [0.25, 0.3) is 0 Å². The van der Waals surface area contributed by atoms with Gasteiger partial charge in [-0.2, -0.15) is 0 Å². The molecule has 0 amide bonds. The van der Waals surface area contributed by atoms with Crippen LogP contribution in [-0.4, -0.2) is 96.7 Å². The predicted molar refractivity (Wildman–Crippen MR) is 423 cm³/mol. The number of unbranched alkanes of at least 4 members (excludes halogenated alkanes) is 45. The molecule has 103 heavy (non-hydrogen) atoms. The number of phosphoric ester groups is 2. The summed E-state index contributed by atoms with van der Waals surface area (Å²) in [5.74, 6) is 1.07. The molecule has 0 spiro atoms. The molecule has 0 aliphatic carbocycles. The first-order valence-corrected chi connectivity index (χ1v) is 46.3. The van der Waals surface area contributed by atoms with Crippen molar-refractivity contribution >= 4 is 39.5 Å². The fourth-order valence-electron chi connectivity index (χ4n) is 12.9. The minimum Gasteiger partial charge on any atom is -0.462 e. The SMILES string of the molecule is CCC(C)CCCCCCCCCCCCCCCCC(=O)O[C@H](COC(=O)CCCCCCCCCCCCCCCC(C)C)COP(=O)(O)OC[C@@H](O)COP(=O)(O)OC[C@@H](COC(=O)CCCCCCCCC(C)CC)OC(=O)CCCCCCCCCCCCCCCCCCC(C)C. The lowest BCUT2D eigenvalue weighted by molar-refractivity contribution is -0.161. The fourth-order valence-corrected chi connectivity index (χ4v) is 14.5. The summed E-state index contributed by atoms with van der Waals surface area (Å²) in [4.78, 5) is 73.2. The van der Waals surface area contributed by atoms with Crippen molar-refractivity contribution in [3.05, 3.63) is 0 Å². The third kappa shape index (κ3) is 75.3. The molecule has 0 rings (SSSR count). The molecule has 0 fully saturated rings. The van der Waals surface area contributed by atoms with E-state index >= 15 is 0 Å². The molecule has 0 heterocycles. The lowest BCUT2D eigenvalue weighted by Crippen LogP contribution is -2.30. The van der Waals surface area contributed by atoms with Crippen molar-refractivity contribution in [3.8, 4) is 0 Å². The summed E-state index contributed by atoms with van der Waals surface area (Å²) in [6.07, 6.45) is 61.0. The number of carbonyl (C=O) groups is 4. The van der Waals surface area contributed by atoms with Gasteiger partial charge >= 0.3 is 39.5 Å². The second-order valence-corrected chi connectivity index (χ2v) is 34.6. The van der Waals surface area contributed by atoms with Crippen LogP contribution in [0.5, 0.6) is 0 Å². The van der Waals surface area contributed by atoms with Gasteiger partial charge < -0.3 is 33.8 Å². The summed E-state index contributed by atoms with van der Waals surface area (Å²) in [6.45, 7) is 14.3. The highest BCUT2D eigenvalue weighted by Gasteiger charge is 2.30. The van der Waals surface area contributed by atoms with Gasteiger partial charge in [0.1, 0.15) is 19.3 Å². The molecule has 612 valence electrons. The van der Waals surface area contributed by atoms with Crippen molar-refractivity contribution in [1.29, 1.82) is 0 Å². The molecule has 0 aromatic carbocycles. The Hall–Kier alpha value is -1.94. The van der Waals surface area contributed by atoms with Crippen LogP contribution in [0.15, 0.2) is 0 Å². The zero-order valence-electron chi connectivity index (χ0n) is 68.0. The van der Waals surface area contributed by atoms with Crippen molar-refractivity contribution < 1.29 is 80.2 Å². The Bertz CT molecular complexity index is 2010. The van der Waals surface area contributed by atoms with Gasteiger partial charge in [-0.3, -0.25) is 37.3 Å². The Kier molecular flexibility index (Phi) is 71.5. The van der Waals surface area contributed by atoms with E-state index in [0.29, 0.717) is 25.7 Å².